The number of hydrogen-bond donors (Lipinski definition) is 21. The second-order valence-electron chi connectivity index (χ2n) is 32.5. The number of aliphatic carboxylic acids is 1. The monoisotopic (exact) mass is 1830 g/mol. The number of primary amides is 1. The molecule has 0 radical (unpaired) electrons. The lowest BCUT2D eigenvalue weighted by atomic mass is 9.89. The second kappa shape index (κ2) is 42.6. The number of nitrogens with zero attached hydrogens (tertiary/aromatic N) is 1. The molecule has 7 aromatic carbocycles. The Kier molecular flexibility index (Phi) is 31.7. The zero-order valence-corrected chi connectivity index (χ0v) is 72.2. The van der Waals surface area contributed by atoms with Crippen LogP contribution in [-0.4, -0.2) is 228 Å². The maximum absolute atomic E-state index is 16.8. The van der Waals surface area contributed by atoms with Crippen molar-refractivity contribution in [3.8, 4) is 80.1 Å². The van der Waals surface area contributed by atoms with Gasteiger partial charge in [0, 0.05) is 47.7 Å². The lowest BCUT2D eigenvalue weighted by Gasteiger charge is -2.41. The number of aromatic hydroxyl groups is 4. The smallest absolute Gasteiger partial charge is 0.335 e. The maximum Gasteiger partial charge on any atom is 0.335 e. The van der Waals surface area contributed by atoms with Crippen LogP contribution >= 0.6 is 23.2 Å². The lowest BCUT2D eigenvalue weighted by molar-refractivity contribution is -0.277. The number of phenols is 4. The summed E-state index contributed by atoms with van der Waals surface area (Å²) in [6.45, 7) is 2.95. The first-order valence-electron chi connectivity index (χ1n) is 42.0. The highest BCUT2D eigenvalue weighted by atomic mass is 35.5. The van der Waals surface area contributed by atoms with Crippen LogP contribution in [0.4, 0.5) is 0 Å². The summed E-state index contributed by atoms with van der Waals surface area (Å²) in [5.74, 6) is -18.7. The highest BCUT2D eigenvalue weighted by Gasteiger charge is 2.51. The van der Waals surface area contributed by atoms with Crippen LogP contribution in [0.1, 0.15) is 160 Å². The molecule has 692 valence electrons. The molecule has 129 heavy (non-hydrogen) atoms. The Labute approximate surface area is 749 Å². The minimum absolute atomic E-state index is 0.0721. The molecule has 7 heterocycles. The van der Waals surface area contributed by atoms with E-state index in [0.29, 0.717) is 24.9 Å². The van der Waals surface area contributed by atoms with E-state index < -0.39 is 270 Å². The van der Waals surface area contributed by atoms with Gasteiger partial charge in [-0.05, 0) is 153 Å². The average Bonchev–Trinajstić information content (AvgIpc) is 0.758. The number of carbonyl (C=O) groups excluding carboxylic acids is 8. The first kappa shape index (κ1) is 96.2. The van der Waals surface area contributed by atoms with Crippen LogP contribution in [-0.2, 0) is 59.0 Å². The molecule has 0 aliphatic carbocycles. The minimum atomic E-state index is -2.42. The Morgan fingerprint density at radius 2 is 1.26 bits per heavy atom. The number of unbranched alkanes of at least 4 members (excludes halogenated alkanes) is 8. The maximum atomic E-state index is 16.8. The summed E-state index contributed by atoms with van der Waals surface area (Å²) < 4.78 is 44.4. The van der Waals surface area contributed by atoms with E-state index in [0.717, 1.165) is 112 Å². The van der Waals surface area contributed by atoms with Gasteiger partial charge in [0.15, 0.2) is 29.1 Å². The van der Waals surface area contributed by atoms with Gasteiger partial charge in [-0.1, -0.05) is 119 Å². The first-order valence-corrected chi connectivity index (χ1v) is 42.7. The molecule has 2 fully saturated rings. The zero-order chi connectivity index (χ0) is 93.1. The van der Waals surface area contributed by atoms with Gasteiger partial charge < -0.3 is 148 Å². The van der Waals surface area contributed by atoms with Gasteiger partial charge in [0.2, 0.25) is 65.6 Å². The van der Waals surface area contributed by atoms with Crippen LogP contribution in [0.15, 0.2) is 115 Å². The van der Waals surface area contributed by atoms with E-state index in [4.69, 9.17) is 62.1 Å². The minimum Gasteiger partial charge on any atom is -0.508 e. The molecular weight excluding hydrogens is 1730 g/mol. The molecule has 0 saturated carbocycles. The number of halogens is 2. The number of carboxylic acids is 1. The molecule has 18 atom stereocenters. The molecule has 7 unspecified atom stereocenters. The van der Waals surface area contributed by atoms with Crippen molar-refractivity contribution >= 4 is 76.4 Å². The zero-order valence-electron chi connectivity index (χ0n) is 70.6. The molecule has 7 aliphatic rings. The van der Waals surface area contributed by atoms with Crippen LogP contribution in [0.2, 0.25) is 10.0 Å². The average molecular weight is 1830 g/mol. The number of amides is 8. The summed E-state index contributed by atoms with van der Waals surface area (Å²) in [6, 6.07) is 7.90. The van der Waals surface area contributed by atoms with Crippen molar-refractivity contribution in [3.63, 3.8) is 0 Å². The molecule has 14 rings (SSSR count). The summed E-state index contributed by atoms with van der Waals surface area (Å²) in [5.41, 5.74) is 3.26. The van der Waals surface area contributed by atoms with Crippen molar-refractivity contribution in [2.24, 2.45) is 11.7 Å². The summed E-state index contributed by atoms with van der Waals surface area (Å²) in [7, 11) is 4.97. The number of carbonyl (C=O) groups is 9. The van der Waals surface area contributed by atoms with E-state index in [9.17, 15) is 75.7 Å². The van der Waals surface area contributed by atoms with E-state index >= 15 is 28.8 Å². The predicted octanol–water partition coefficient (Wildman–Crippen LogP) is 4.94. The largest absolute Gasteiger partial charge is 0.508 e. The number of nitrogens with two attached hydrogens (primary N) is 1. The van der Waals surface area contributed by atoms with Crippen LogP contribution in [0.3, 0.4) is 0 Å². The molecule has 0 aromatic heterocycles. The number of likely N-dealkylation sites (N-methyl/N-ethyl adjacent to an activating group) is 1. The molecule has 8 amide bonds. The van der Waals surface area contributed by atoms with Gasteiger partial charge in [0.25, 0.3) is 0 Å². The van der Waals surface area contributed by atoms with Crippen molar-refractivity contribution in [1.29, 1.82) is 0 Å². The SMILES string of the molecule is CCCCCCCCCCCC(=O)NC1[C@H](Oc2c3cc4cc2Oc2ccc(cc2Cl)[C@@H](O)[C@@H]2NC(=O)[C@H](NC(=O)C4NC(=O)[C@@H](c4cc(Oc5cc([C@@H](NC)C(N)=O)ccc5O)cc(O)c4Cl)NC(=O)C(C)Cc4ccc(cc4)O3)c3ccc(O)c(c3)-c3c(OC4O[C@H](CO)C(O)[C@H](O)[C@@H]4O)cc(O)cc3C(C(=O)NCCCN(C)C)NC2=O)O[C@H](C(=O)O)C(O)[C@@H]1O. The number of nitrogens with one attached hydrogen (secondary N) is 8. The van der Waals surface area contributed by atoms with Crippen molar-refractivity contribution in [3.05, 3.63) is 164 Å². The third kappa shape index (κ3) is 22.5. The molecular formula is C89H104Cl2N10O28. The Hall–Kier alpha value is -11.9. The van der Waals surface area contributed by atoms with Crippen LogP contribution in [0, 0.1) is 5.92 Å². The second-order valence-corrected chi connectivity index (χ2v) is 33.3. The normalized spacial score (nSPS) is 24.9. The predicted molar refractivity (Wildman–Crippen MR) is 459 cm³/mol. The quantitative estimate of drug-likeness (QED) is 0.0289. The van der Waals surface area contributed by atoms with E-state index in [1.54, 1.807) is 31.1 Å². The van der Waals surface area contributed by atoms with Gasteiger partial charge in [-0.2, -0.15) is 0 Å². The highest BCUT2D eigenvalue weighted by Crippen LogP contribution is 2.51. The van der Waals surface area contributed by atoms with Gasteiger partial charge in [0.1, 0.15) is 125 Å². The van der Waals surface area contributed by atoms with Gasteiger partial charge in [-0.3, -0.25) is 38.4 Å². The van der Waals surface area contributed by atoms with Crippen molar-refractivity contribution in [2.45, 2.75) is 195 Å². The molecule has 7 aromatic rings. The fourth-order valence-corrected chi connectivity index (χ4v) is 16.2. The van der Waals surface area contributed by atoms with Gasteiger partial charge >= 0.3 is 5.97 Å². The Balaban J connectivity index is 1.09. The van der Waals surface area contributed by atoms with E-state index in [1.165, 1.54) is 50.4 Å². The van der Waals surface area contributed by atoms with Crippen LogP contribution in [0.25, 0.3) is 11.1 Å². The van der Waals surface area contributed by atoms with Crippen molar-refractivity contribution < 1.29 is 138 Å². The number of hydrogen-bond acceptors (Lipinski definition) is 29. The first-order chi connectivity index (χ1) is 61.5. The number of rotatable bonds is 28. The number of fused-ring (bicyclic) bond motifs is 15. The Morgan fingerprint density at radius 1 is 0.605 bits per heavy atom. The number of phenolic OH excluding ortho intramolecular Hbond substituents is 4. The molecule has 22 N–H and O–H groups in total. The Morgan fingerprint density at radius 3 is 1.92 bits per heavy atom. The van der Waals surface area contributed by atoms with Crippen LogP contribution < -0.4 is 72.0 Å². The molecule has 0 spiro atoms. The van der Waals surface area contributed by atoms with E-state index in [-0.39, 0.29) is 48.4 Å². The fourth-order valence-electron chi connectivity index (χ4n) is 15.8. The molecule has 7 aliphatic heterocycles. The lowest BCUT2D eigenvalue weighted by Crippen LogP contribution is -2.66. The van der Waals surface area contributed by atoms with Crippen molar-refractivity contribution in [2.75, 3.05) is 40.8 Å². The Bertz CT molecular complexity index is 5300. The van der Waals surface area contributed by atoms with Crippen LogP contribution in [0.5, 0.6) is 69.0 Å². The fraction of sp³-hybridized carbons (Fsp3) is 0.427. The van der Waals surface area contributed by atoms with Crippen molar-refractivity contribution in [1.82, 2.24) is 47.4 Å². The summed E-state index contributed by atoms with van der Waals surface area (Å²) >= 11 is 14.3. The number of carboxylic acid groups (broad SMARTS) is 1. The van der Waals surface area contributed by atoms with E-state index in [2.05, 4.69) is 49.5 Å². The molecule has 38 nitrogen and oxygen atoms in total. The number of ether oxygens (including phenoxy) is 7. The highest BCUT2D eigenvalue weighted by molar-refractivity contribution is 6.33. The van der Waals surface area contributed by atoms with Gasteiger partial charge in [0.05, 0.1) is 16.7 Å². The van der Waals surface area contributed by atoms with E-state index in [1.807, 2.05) is 0 Å². The molecule has 40 heteroatoms. The summed E-state index contributed by atoms with van der Waals surface area (Å²) in [6.07, 6.45) is -13.1. The number of aliphatic hydroxyl groups excluding tert-OH is 7. The summed E-state index contributed by atoms with van der Waals surface area (Å²) in [5, 5.41) is 158. The third-order valence-corrected chi connectivity index (χ3v) is 23.5. The third-order valence-electron chi connectivity index (χ3n) is 22.7. The summed E-state index contributed by atoms with van der Waals surface area (Å²) in [4.78, 5) is 137. The van der Waals surface area contributed by atoms with Gasteiger partial charge in [-0.15, -0.1) is 0 Å². The topological polar surface area (TPSA) is 587 Å². The molecule has 11 bridgehead atoms. The van der Waals surface area contributed by atoms with Gasteiger partial charge in [-0.25, -0.2) is 4.79 Å². The molecule has 2 saturated heterocycles. The number of aliphatic hydroxyl groups is 7. The standard InChI is InChI=1S/C89H104Cl2N10O28/c1-6-7-8-9-10-11-12-13-14-16-62(107)95-71-74(110)76(112)79(87(121)122)129-88(71)128-78-59-33-45-34-60(78)125-56-26-21-44(31-52(56)90)72(108)70-86(120)99-68(82(116)94-27-15-28-101(4)5)50-35-46(103)36-58(126-89-77(113)75(111)73(109)61(39-102)127-89)63(50)49-30-42(19-24-53(49)104)66(83(117)100-70)96-84(118)67(45)97-85(119)69(98-81(115)40(2)29-41-17-22-47(123-59)23-18-41)51-37-48(38-55(106)64(51)91)124-57-32-43(20-25-54(57)105)65(93-3)80(92)114/h17-26,30-38,40,61,65-77,79,88-89,93,102-106,108-113H,6-16,27-29,39H2,1-5H3,(H2,92,114)(H,94,116)(H,95,107)(H,96,118)(H,97,119)(H,98,115)(H,99,120)(H,100,117)(H,121,122)/t40?,61-,65-,66-,67?,68?,69-,70+,71?,72-,73?,74-,75+,76?,77+,79+,88-,89?/m1/s1. The number of benzene rings is 7.